The quantitative estimate of drug-likeness (QED) is 0.229. The fourth-order valence-corrected chi connectivity index (χ4v) is 6.47. The van der Waals surface area contributed by atoms with Crippen LogP contribution < -0.4 is 29.1 Å². The number of nitrogens with zero attached hydrogens (tertiary/aromatic N) is 3. The lowest BCUT2D eigenvalue weighted by atomic mass is 9.95. The number of benzene rings is 3. The molecule has 0 spiro atoms. The zero-order valence-corrected chi connectivity index (χ0v) is 26.8. The van der Waals surface area contributed by atoms with Crippen LogP contribution in [0.2, 0.25) is 0 Å². The van der Waals surface area contributed by atoms with Gasteiger partial charge in [0.05, 0.1) is 58.8 Å². The first kappa shape index (κ1) is 30.8. The van der Waals surface area contributed by atoms with Crippen molar-refractivity contribution in [1.82, 2.24) is 4.57 Å². The van der Waals surface area contributed by atoms with Crippen LogP contribution in [0.4, 0.5) is 0 Å². The minimum absolute atomic E-state index is 0.179. The van der Waals surface area contributed by atoms with E-state index in [4.69, 9.17) is 18.9 Å². The SMILES string of the molecule is CCOC(=O)C1=C(C)N=c2s/c(=C/c3ccc(OCc4ccccc4C#N)c(Br)c3)c(=O)n2[C@@H]1c1ccc(OC)c(OC)c1. The lowest BCUT2D eigenvalue weighted by Gasteiger charge is -2.25. The number of hydrogen-bond donors (Lipinski definition) is 0. The van der Waals surface area contributed by atoms with Gasteiger partial charge < -0.3 is 18.9 Å². The van der Waals surface area contributed by atoms with E-state index < -0.39 is 12.0 Å². The first-order valence-corrected chi connectivity index (χ1v) is 15.2. The Balaban J connectivity index is 1.55. The van der Waals surface area contributed by atoms with Crippen LogP contribution in [0, 0.1) is 11.3 Å². The minimum Gasteiger partial charge on any atom is -0.493 e. The summed E-state index contributed by atoms with van der Waals surface area (Å²) in [6, 6.07) is 19.5. The standard InChI is InChI=1S/C33H28BrN3O6S/c1-5-42-32(39)29-19(2)36-33-37(30(29)21-11-13-26(40-3)27(16-21)41-4)31(38)28(44-33)15-20-10-12-25(24(34)14-20)43-18-23-9-7-6-8-22(23)17-35/h6-16,30H,5,18H2,1-4H3/b28-15+/t30-/m1/s1. The summed E-state index contributed by atoms with van der Waals surface area (Å²) in [7, 11) is 3.07. The van der Waals surface area contributed by atoms with Gasteiger partial charge in [0.2, 0.25) is 0 Å². The number of hydrogen-bond acceptors (Lipinski definition) is 9. The average molecular weight is 675 g/mol. The molecule has 0 amide bonds. The minimum atomic E-state index is -0.786. The molecule has 1 aliphatic heterocycles. The lowest BCUT2D eigenvalue weighted by molar-refractivity contribution is -0.139. The zero-order chi connectivity index (χ0) is 31.4. The van der Waals surface area contributed by atoms with Gasteiger partial charge >= 0.3 is 5.97 Å². The molecule has 3 aromatic carbocycles. The summed E-state index contributed by atoms with van der Waals surface area (Å²) in [4.78, 5) is 32.3. The number of esters is 1. The topological polar surface area (TPSA) is 112 Å². The van der Waals surface area contributed by atoms with Gasteiger partial charge in [0, 0.05) is 5.56 Å². The largest absolute Gasteiger partial charge is 0.493 e. The molecule has 0 saturated heterocycles. The highest BCUT2D eigenvalue weighted by atomic mass is 79.9. The highest BCUT2D eigenvalue weighted by Crippen LogP contribution is 2.36. The Morgan fingerprint density at radius 1 is 1.09 bits per heavy atom. The van der Waals surface area contributed by atoms with Crippen LogP contribution in [0.1, 0.15) is 42.1 Å². The van der Waals surface area contributed by atoms with E-state index in [2.05, 4.69) is 27.0 Å². The highest BCUT2D eigenvalue weighted by Gasteiger charge is 2.34. The van der Waals surface area contributed by atoms with Crippen molar-refractivity contribution >= 4 is 39.3 Å². The molecular formula is C33H28BrN3O6S. The van der Waals surface area contributed by atoms with Gasteiger partial charge in [-0.05, 0) is 77.3 Å². The summed E-state index contributed by atoms with van der Waals surface area (Å²) in [5, 5.41) is 9.35. The smallest absolute Gasteiger partial charge is 0.338 e. The molecule has 0 N–H and O–H groups in total. The van der Waals surface area contributed by atoms with Crippen molar-refractivity contribution in [3.63, 3.8) is 0 Å². The molecule has 0 unspecified atom stereocenters. The van der Waals surface area contributed by atoms with Gasteiger partial charge in [-0.1, -0.05) is 41.7 Å². The van der Waals surface area contributed by atoms with Crippen LogP contribution in [0.3, 0.4) is 0 Å². The van der Waals surface area contributed by atoms with E-state index in [0.717, 1.165) is 11.1 Å². The fourth-order valence-electron chi connectivity index (χ4n) is 4.92. The molecule has 0 aliphatic carbocycles. The van der Waals surface area contributed by atoms with Crippen LogP contribution in [0.15, 0.2) is 86.2 Å². The number of carbonyl (C=O) groups excluding carboxylic acids is 1. The van der Waals surface area contributed by atoms with Crippen molar-refractivity contribution in [2.24, 2.45) is 4.99 Å². The van der Waals surface area contributed by atoms with Crippen LogP contribution in [0.25, 0.3) is 6.08 Å². The van der Waals surface area contributed by atoms with E-state index in [-0.39, 0.29) is 24.3 Å². The number of nitriles is 1. The van der Waals surface area contributed by atoms with Crippen molar-refractivity contribution in [1.29, 1.82) is 5.26 Å². The molecule has 0 saturated carbocycles. The van der Waals surface area contributed by atoms with E-state index in [1.165, 1.54) is 23.0 Å². The molecule has 0 bridgehead atoms. The summed E-state index contributed by atoms with van der Waals surface area (Å²) >= 11 is 4.80. The number of carbonyl (C=O) groups is 1. The summed E-state index contributed by atoms with van der Waals surface area (Å²) in [5.74, 6) is 1.04. The van der Waals surface area contributed by atoms with Gasteiger partial charge in [0.1, 0.15) is 12.4 Å². The van der Waals surface area contributed by atoms with Crippen LogP contribution >= 0.6 is 27.3 Å². The number of ether oxygens (including phenoxy) is 4. The number of methoxy groups -OCH3 is 2. The van der Waals surface area contributed by atoms with Crippen LogP contribution in [0.5, 0.6) is 17.2 Å². The molecule has 1 aliphatic rings. The van der Waals surface area contributed by atoms with Gasteiger partial charge in [-0.3, -0.25) is 9.36 Å². The molecule has 2 heterocycles. The molecule has 11 heteroatoms. The Bertz CT molecular complexity index is 2010. The number of rotatable bonds is 9. The number of halogens is 1. The normalized spacial score (nSPS) is 14.4. The molecule has 0 radical (unpaired) electrons. The Labute approximate surface area is 266 Å². The second kappa shape index (κ2) is 13.3. The lowest BCUT2D eigenvalue weighted by Crippen LogP contribution is -2.39. The van der Waals surface area contributed by atoms with Crippen molar-refractivity contribution in [3.05, 3.63) is 118 Å². The molecule has 1 aromatic heterocycles. The molecular weight excluding hydrogens is 646 g/mol. The van der Waals surface area contributed by atoms with E-state index in [0.29, 0.717) is 47.9 Å². The molecule has 1 atom stereocenters. The summed E-state index contributed by atoms with van der Waals surface area (Å²) in [5.41, 5.74) is 3.20. The van der Waals surface area contributed by atoms with Gasteiger partial charge in [-0.2, -0.15) is 5.26 Å². The average Bonchev–Trinajstić information content (AvgIpc) is 3.33. The third-order valence-electron chi connectivity index (χ3n) is 7.02. The summed E-state index contributed by atoms with van der Waals surface area (Å²) in [6.45, 7) is 3.88. The Morgan fingerprint density at radius 2 is 1.84 bits per heavy atom. The monoisotopic (exact) mass is 673 g/mol. The Morgan fingerprint density at radius 3 is 2.55 bits per heavy atom. The first-order chi connectivity index (χ1) is 21.3. The fraction of sp³-hybridized carbons (Fsp3) is 0.212. The predicted octanol–water partition coefficient (Wildman–Crippen LogP) is 5.03. The van der Waals surface area contributed by atoms with E-state index in [1.807, 2.05) is 30.3 Å². The van der Waals surface area contributed by atoms with Gasteiger partial charge in [0.25, 0.3) is 5.56 Å². The molecule has 9 nitrogen and oxygen atoms in total. The van der Waals surface area contributed by atoms with Crippen molar-refractivity contribution < 1.29 is 23.7 Å². The maximum atomic E-state index is 14.0. The number of thiazole rings is 1. The highest BCUT2D eigenvalue weighted by molar-refractivity contribution is 9.10. The Kier molecular flexibility index (Phi) is 9.32. The van der Waals surface area contributed by atoms with E-state index in [9.17, 15) is 14.9 Å². The van der Waals surface area contributed by atoms with Crippen LogP contribution in [-0.2, 0) is 16.1 Å². The molecule has 224 valence electrons. The maximum absolute atomic E-state index is 14.0. The summed E-state index contributed by atoms with van der Waals surface area (Å²) in [6.07, 6.45) is 1.78. The first-order valence-electron chi connectivity index (χ1n) is 13.6. The maximum Gasteiger partial charge on any atom is 0.338 e. The van der Waals surface area contributed by atoms with E-state index in [1.54, 1.807) is 57.4 Å². The van der Waals surface area contributed by atoms with Crippen molar-refractivity contribution in [3.8, 4) is 23.3 Å². The van der Waals surface area contributed by atoms with E-state index >= 15 is 0 Å². The van der Waals surface area contributed by atoms with Gasteiger partial charge in [0.15, 0.2) is 16.3 Å². The molecule has 44 heavy (non-hydrogen) atoms. The number of fused-ring (bicyclic) bond motifs is 1. The Hall–Kier alpha value is -4.66. The molecule has 4 aromatic rings. The molecule has 5 rings (SSSR count). The van der Waals surface area contributed by atoms with Crippen molar-refractivity contribution in [2.75, 3.05) is 20.8 Å². The van der Waals surface area contributed by atoms with Crippen molar-refractivity contribution in [2.45, 2.75) is 26.5 Å². The number of aromatic nitrogens is 1. The number of allylic oxidation sites excluding steroid dienone is 1. The summed E-state index contributed by atoms with van der Waals surface area (Å²) < 4.78 is 24.9. The second-order valence-corrected chi connectivity index (χ2v) is 11.5. The van der Waals surface area contributed by atoms with Gasteiger partial charge in [-0.25, -0.2) is 9.79 Å². The second-order valence-electron chi connectivity index (χ2n) is 9.66. The van der Waals surface area contributed by atoms with Crippen LogP contribution in [-0.4, -0.2) is 31.4 Å². The third kappa shape index (κ3) is 6.04. The predicted molar refractivity (Wildman–Crippen MR) is 170 cm³/mol. The molecule has 0 fully saturated rings. The van der Waals surface area contributed by atoms with Gasteiger partial charge in [-0.15, -0.1) is 0 Å². The third-order valence-corrected chi connectivity index (χ3v) is 8.62. The zero-order valence-electron chi connectivity index (χ0n) is 24.4.